The summed E-state index contributed by atoms with van der Waals surface area (Å²) in [6.07, 6.45) is 0.598. The number of benzene rings is 1. The van der Waals surface area contributed by atoms with Gasteiger partial charge in [-0.15, -0.1) is 0 Å². The highest BCUT2D eigenvalue weighted by molar-refractivity contribution is 5.72. The number of anilines is 1. The molecule has 0 aliphatic heterocycles. The molecule has 0 atom stereocenters. The first-order valence-electron chi connectivity index (χ1n) is 4.48. The predicted octanol–water partition coefficient (Wildman–Crippen LogP) is 2.26. The van der Waals surface area contributed by atoms with E-state index in [9.17, 15) is 9.90 Å². The topological polar surface area (TPSA) is 49.3 Å². The molecule has 1 aromatic rings. The van der Waals surface area contributed by atoms with Crippen LogP contribution in [0.25, 0.3) is 0 Å². The van der Waals surface area contributed by atoms with E-state index in [4.69, 9.17) is 0 Å². The van der Waals surface area contributed by atoms with Crippen molar-refractivity contribution in [3.8, 4) is 5.75 Å². The van der Waals surface area contributed by atoms with Crippen LogP contribution in [0.5, 0.6) is 5.75 Å². The van der Waals surface area contributed by atoms with Crippen molar-refractivity contribution in [1.82, 2.24) is 0 Å². The number of phenols is 1. The van der Waals surface area contributed by atoms with E-state index in [0.717, 1.165) is 5.56 Å². The van der Waals surface area contributed by atoms with Gasteiger partial charge < -0.3 is 10.4 Å². The minimum atomic E-state index is -0.0436. The van der Waals surface area contributed by atoms with Gasteiger partial charge in [-0.3, -0.25) is 4.79 Å². The third-order valence-electron chi connectivity index (χ3n) is 2.01. The molecule has 76 valence electrons. The van der Waals surface area contributed by atoms with Crippen LogP contribution in [-0.2, 0) is 10.2 Å². The number of aromatic hydroxyl groups is 1. The van der Waals surface area contributed by atoms with Gasteiger partial charge in [0.2, 0.25) is 6.41 Å². The largest absolute Gasteiger partial charge is 0.508 e. The molecule has 3 nitrogen and oxygen atoms in total. The van der Waals surface area contributed by atoms with E-state index in [1.165, 1.54) is 6.07 Å². The van der Waals surface area contributed by atoms with Crippen LogP contribution in [0, 0.1) is 0 Å². The Hall–Kier alpha value is -1.51. The van der Waals surface area contributed by atoms with Crippen LogP contribution in [-0.4, -0.2) is 11.5 Å². The lowest BCUT2D eigenvalue weighted by Crippen LogP contribution is -2.11. The monoisotopic (exact) mass is 193 g/mol. The maximum absolute atomic E-state index is 10.3. The number of carbonyl (C=O) groups excluding carboxylic acids is 1. The van der Waals surface area contributed by atoms with Gasteiger partial charge in [-0.1, -0.05) is 20.8 Å². The van der Waals surface area contributed by atoms with Gasteiger partial charge in [0, 0.05) is 11.8 Å². The third-order valence-corrected chi connectivity index (χ3v) is 2.01. The van der Waals surface area contributed by atoms with Crippen molar-refractivity contribution in [2.75, 3.05) is 5.32 Å². The van der Waals surface area contributed by atoms with E-state index < -0.39 is 0 Å². The first-order chi connectivity index (χ1) is 6.43. The molecule has 1 rings (SSSR count). The molecule has 0 aromatic heterocycles. The van der Waals surface area contributed by atoms with E-state index >= 15 is 0 Å². The molecule has 0 heterocycles. The standard InChI is InChI=1S/C11H15NO2/c1-11(2,3)8-4-9(12-7-13)6-10(14)5-8/h4-7,14H,1-3H3,(H,12,13). The van der Waals surface area contributed by atoms with Gasteiger partial charge in [-0.2, -0.15) is 0 Å². The van der Waals surface area contributed by atoms with E-state index in [1.807, 2.05) is 26.8 Å². The number of nitrogens with one attached hydrogen (secondary N) is 1. The number of hydrogen-bond donors (Lipinski definition) is 2. The van der Waals surface area contributed by atoms with Gasteiger partial charge in [0.1, 0.15) is 5.75 Å². The molecule has 3 heteroatoms. The van der Waals surface area contributed by atoms with Crippen LogP contribution in [0.4, 0.5) is 5.69 Å². The van der Waals surface area contributed by atoms with Gasteiger partial charge >= 0.3 is 0 Å². The Morgan fingerprint density at radius 2 is 1.93 bits per heavy atom. The average Bonchev–Trinajstić information content (AvgIpc) is 2.02. The lowest BCUT2D eigenvalue weighted by Gasteiger charge is -2.20. The van der Waals surface area contributed by atoms with Crippen LogP contribution in [0.3, 0.4) is 0 Å². The summed E-state index contributed by atoms with van der Waals surface area (Å²) in [4.78, 5) is 10.3. The summed E-state index contributed by atoms with van der Waals surface area (Å²) in [5.41, 5.74) is 1.56. The quantitative estimate of drug-likeness (QED) is 0.708. The van der Waals surface area contributed by atoms with Crippen LogP contribution in [0.2, 0.25) is 0 Å². The van der Waals surface area contributed by atoms with E-state index in [2.05, 4.69) is 5.32 Å². The average molecular weight is 193 g/mol. The van der Waals surface area contributed by atoms with Gasteiger partial charge in [0.15, 0.2) is 0 Å². The first kappa shape index (κ1) is 10.6. The molecule has 0 saturated carbocycles. The molecule has 0 fully saturated rings. The van der Waals surface area contributed by atoms with Crippen molar-refractivity contribution < 1.29 is 9.90 Å². The molecular weight excluding hydrogens is 178 g/mol. The summed E-state index contributed by atoms with van der Waals surface area (Å²) in [6, 6.07) is 5.08. The SMILES string of the molecule is CC(C)(C)c1cc(O)cc(NC=O)c1. The summed E-state index contributed by atoms with van der Waals surface area (Å²) in [6.45, 7) is 6.14. The van der Waals surface area contributed by atoms with E-state index in [-0.39, 0.29) is 11.2 Å². The fourth-order valence-corrected chi connectivity index (χ4v) is 1.20. The van der Waals surface area contributed by atoms with Gasteiger partial charge in [-0.05, 0) is 23.1 Å². The van der Waals surface area contributed by atoms with Crippen LogP contribution >= 0.6 is 0 Å². The highest BCUT2D eigenvalue weighted by Crippen LogP contribution is 2.28. The minimum absolute atomic E-state index is 0.0436. The summed E-state index contributed by atoms with van der Waals surface area (Å²) >= 11 is 0. The van der Waals surface area contributed by atoms with Crippen LogP contribution in [0.15, 0.2) is 18.2 Å². The fraction of sp³-hybridized carbons (Fsp3) is 0.364. The molecule has 0 unspecified atom stereocenters. The molecule has 0 spiro atoms. The Bertz CT molecular complexity index is 340. The fourth-order valence-electron chi connectivity index (χ4n) is 1.20. The first-order valence-corrected chi connectivity index (χ1v) is 4.48. The van der Waals surface area contributed by atoms with Crippen LogP contribution < -0.4 is 5.32 Å². The molecular formula is C11H15NO2. The lowest BCUT2D eigenvalue weighted by molar-refractivity contribution is -0.105. The molecule has 0 radical (unpaired) electrons. The predicted molar refractivity (Wildman–Crippen MR) is 56.5 cm³/mol. The Balaban J connectivity index is 3.13. The van der Waals surface area contributed by atoms with Crippen molar-refractivity contribution in [2.24, 2.45) is 0 Å². The molecule has 0 saturated heterocycles. The molecule has 2 N–H and O–H groups in total. The zero-order valence-corrected chi connectivity index (χ0v) is 8.66. The Morgan fingerprint density at radius 3 is 2.43 bits per heavy atom. The van der Waals surface area contributed by atoms with E-state index in [0.29, 0.717) is 12.1 Å². The van der Waals surface area contributed by atoms with Gasteiger partial charge in [-0.25, -0.2) is 0 Å². The second-order valence-corrected chi connectivity index (χ2v) is 4.28. The number of rotatable bonds is 2. The summed E-state index contributed by atoms with van der Waals surface area (Å²) in [7, 11) is 0. The molecule has 1 amide bonds. The molecule has 14 heavy (non-hydrogen) atoms. The van der Waals surface area contributed by atoms with Gasteiger partial charge in [0.25, 0.3) is 0 Å². The molecule has 0 aliphatic rings. The van der Waals surface area contributed by atoms with E-state index in [1.54, 1.807) is 6.07 Å². The van der Waals surface area contributed by atoms with Crippen molar-refractivity contribution >= 4 is 12.1 Å². The number of carbonyl (C=O) groups is 1. The van der Waals surface area contributed by atoms with Crippen molar-refractivity contribution in [2.45, 2.75) is 26.2 Å². The van der Waals surface area contributed by atoms with Crippen molar-refractivity contribution in [3.05, 3.63) is 23.8 Å². The Labute approximate surface area is 83.8 Å². The van der Waals surface area contributed by atoms with Crippen LogP contribution in [0.1, 0.15) is 26.3 Å². The summed E-state index contributed by atoms with van der Waals surface area (Å²) in [5.74, 6) is 0.168. The number of phenolic OH excluding ortho intramolecular Hbond substituents is 1. The highest BCUT2D eigenvalue weighted by atomic mass is 16.3. The smallest absolute Gasteiger partial charge is 0.211 e. The summed E-state index contributed by atoms with van der Waals surface area (Å²) < 4.78 is 0. The second-order valence-electron chi connectivity index (χ2n) is 4.28. The van der Waals surface area contributed by atoms with Crippen molar-refractivity contribution in [1.29, 1.82) is 0 Å². The zero-order chi connectivity index (χ0) is 10.8. The maximum Gasteiger partial charge on any atom is 0.211 e. The van der Waals surface area contributed by atoms with Gasteiger partial charge in [0.05, 0.1) is 0 Å². The molecule has 1 aromatic carbocycles. The highest BCUT2D eigenvalue weighted by Gasteiger charge is 2.15. The minimum Gasteiger partial charge on any atom is -0.508 e. The molecule has 0 aliphatic carbocycles. The van der Waals surface area contributed by atoms with Crippen molar-refractivity contribution in [3.63, 3.8) is 0 Å². The number of amides is 1. The second kappa shape index (κ2) is 3.70. The zero-order valence-electron chi connectivity index (χ0n) is 8.66. The maximum atomic E-state index is 10.3. The lowest BCUT2D eigenvalue weighted by atomic mass is 9.87. The normalized spacial score (nSPS) is 11.1. The Morgan fingerprint density at radius 1 is 1.29 bits per heavy atom. The Kier molecular flexibility index (Phi) is 2.79. The molecule has 0 bridgehead atoms. The number of hydrogen-bond acceptors (Lipinski definition) is 2. The third kappa shape index (κ3) is 2.49. The summed E-state index contributed by atoms with van der Waals surface area (Å²) in [5, 5.41) is 11.9.